The lowest BCUT2D eigenvalue weighted by Gasteiger charge is -2.14. The van der Waals surface area contributed by atoms with Crippen LogP contribution < -0.4 is 10.1 Å². The summed E-state index contributed by atoms with van der Waals surface area (Å²) in [4.78, 5) is 24.7. The fourth-order valence-corrected chi connectivity index (χ4v) is 2.93. The highest BCUT2D eigenvalue weighted by Gasteiger charge is 2.17. The van der Waals surface area contributed by atoms with Crippen molar-refractivity contribution in [3.05, 3.63) is 95.6 Å². The first-order valence-electron chi connectivity index (χ1n) is 9.93. The summed E-state index contributed by atoms with van der Waals surface area (Å²) in [6, 6.07) is 23.9. The molecule has 0 saturated heterocycles. The van der Waals surface area contributed by atoms with Crippen LogP contribution in [0.25, 0.3) is 0 Å². The minimum absolute atomic E-state index is 0.197. The normalized spacial score (nSPS) is 11.4. The van der Waals surface area contributed by atoms with E-state index in [0.29, 0.717) is 11.3 Å². The predicted octanol–water partition coefficient (Wildman–Crippen LogP) is 5.01. The Hall–Kier alpha value is -3.60. The zero-order chi connectivity index (χ0) is 21.3. The van der Waals surface area contributed by atoms with Crippen LogP contribution in [-0.2, 0) is 22.6 Å². The van der Waals surface area contributed by atoms with Crippen molar-refractivity contribution in [1.29, 1.82) is 0 Å². The number of ether oxygens (including phenoxy) is 2. The van der Waals surface area contributed by atoms with Gasteiger partial charge in [0.25, 0.3) is 5.91 Å². The largest absolute Gasteiger partial charge is 0.479 e. The van der Waals surface area contributed by atoms with Gasteiger partial charge in [0.1, 0.15) is 12.4 Å². The number of hydrogen-bond donors (Lipinski definition) is 1. The molecule has 5 heteroatoms. The molecular weight excluding hydrogens is 378 g/mol. The molecule has 154 valence electrons. The van der Waals surface area contributed by atoms with Crippen molar-refractivity contribution in [3.8, 4) is 5.75 Å². The number of rotatable bonds is 8. The predicted molar refractivity (Wildman–Crippen MR) is 117 cm³/mol. The number of aryl methyl sites for hydroxylation is 1. The molecule has 1 N–H and O–H groups in total. The van der Waals surface area contributed by atoms with Gasteiger partial charge in [-0.05, 0) is 54.8 Å². The van der Waals surface area contributed by atoms with Crippen LogP contribution in [0.2, 0.25) is 0 Å². The third-order valence-corrected chi connectivity index (χ3v) is 4.63. The van der Waals surface area contributed by atoms with Gasteiger partial charge in [0.05, 0.1) is 0 Å². The Balaban J connectivity index is 1.54. The molecule has 30 heavy (non-hydrogen) atoms. The second-order valence-electron chi connectivity index (χ2n) is 6.84. The Morgan fingerprint density at radius 1 is 0.900 bits per heavy atom. The molecular formula is C25H25NO4. The molecule has 3 aromatic carbocycles. The van der Waals surface area contributed by atoms with Gasteiger partial charge in [-0.3, -0.25) is 4.79 Å². The van der Waals surface area contributed by atoms with Crippen molar-refractivity contribution < 1.29 is 19.1 Å². The van der Waals surface area contributed by atoms with Crippen molar-refractivity contribution in [2.24, 2.45) is 0 Å². The van der Waals surface area contributed by atoms with Gasteiger partial charge in [-0.2, -0.15) is 0 Å². The van der Waals surface area contributed by atoms with Crippen LogP contribution in [0.15, 0.2) is 78.9 Å². The first-order valence-corrected chi connectivity index (χ1v) is 9.93. The van der Waals surface area contributed by atoms with E-state index < -0.39 is 12.1 Å². The number of anilines is 1. The number of carbonyl (C=O) groups excluding carboxylic acids is 2. The minimum Gasteiger partial charge on any atom is -0.479 e. The first-order chi connectivity index (χ1) is 14.6. The lowest BCUT2D eigenvalue weighted by atomic mass is 10.1. The zero-order valence-electron chi connectivity index (χ0n) is 17.1. The molecule has 3 rings (SSSR count). The Morgan fingerprint density at radius 2 is 1.57 bits per heavy atom. The Kier molecular flexibility index (Phi) is 7.22. The number of esters is 1. The molecule has 1 amide bonds. The van der Waals surface area contributed by atoms with Gasteiger partial charge in [-0.15, -0.1) is 0 Å². The summed E-state index contributed by atoms with van der Waals surface area (Å²) < 4.78 is 10.9. The standard InChI is InChI=1S/C25H25NO4/c1-3-20-11-7-8-12-23(20)26-24(27)21-13-15-22(16-14-21)30-18(2)25(28)29-17-19-9-5-4-6-10-19/h4-16,18H,3,17H2,1-2H3,(H,26,27)/t18-/m0/s1. The summed E-state index contributed by atoms with van der Waals surface area (Å²) in [5.74, 6) is -0.153. The maximum absolute atomic E-state index is 12.5. The summed E-state index contributed by atoms with van der Waals surface area (Å²) in [5.41, 5.74) is 3.30. The minimum atomic E-state index is -0.759. The van der Waals surface area contributed by atoms with E-state index in [4.69, 9.17) is 9.47 Å². The summed E-state index contributed by atoms with van der Waals surface area (Å²) >= 11 is 0. The monoisotopic (exact) mass is 403 g/mol. The highest BCUT2D eigenvalue weighted by atomic mass is 16.6. The van der Waals surface area contributed by atoms with E-state index in [-0.39, 0.29) is 12.5 Å². The van der Waals surface area contributed by atoms with Crippen LogP contribution in [0.4, 0.5) is 5.69 Å². The third kappa shape index (κ3) is 5.70. The van der Waals surface area contributed by atoms with Crippen LogP contribution in [0.3, 0.4) is 0 Å². The Bertz CT molecular complexity index is 984. The van der Waals surface area contributed by atoms with Gasteiger partial charge in [0, 0.05) is 11.3 Å². The Labute approximate surface area is 176 Å². The molecule has 0 aromatic heterocycles. The van der Waals surface area contributed by atoms with Crippen molar-refractivity contribution >= 4 is 17.6 Å². The second kappa shape index (κ2) is 10.3. The summed E-state index contributed by atoms with van der Waals surface area (Å²) in [6.45, 7) is 3.88. The van der Waals surface area contributed by atoms with Crippen LogP contribution in [-0.4, -0.2) is 18.0 Å². The van der Waals surface area contributed by atoms with Gasteiger partial charge >= 0.3 is 5.97 Å². The zero-order valence-corrected chi connectivity index (χ0v) is 17.1. The van der Waals surface area contributed by atoms with Crippen molar-refractivity contribution in [3.63, 3.8) is 0 Å². The van der Waals surface area contributed by atoms with E-state index >= 15 is 0 Å². The van der Waals surface area contributed by atoms with E-state index in [2.05, 4.69) is 5.32 Å². The number of benzene rings is 3. The quantitative estimate of drug-likeness (QED) is 0.537. The number of para-hydroxylation sites is 1. The Morgan fingerprint density at radius 3 is 2.27 bits per heavy atom. The molecule has 0 saturated carbocycles. The van der Waals surface area contributed by atoms with Crippen LogP contribution >= 0.6 is 0 Å². The van der Waals surface area contributed by atoms with Gasteiger partial charge in [0.2, 0.25) is 0 Å². The summed E-state index contributed by atoms with van der Waals surface area (Å²) in [7, 11) is 0. The smallest absolute Gasteiger partial charge is 0.347 e. The van der Waals surface area contributed by atoms with Gasteiger partial charge in [-0.25, -0.2) is 4.79 Å². The van der Waals surface area contributed by atoms with Crippen molar-refractivity contribution in [1.82, 2.24) is 0 Å². The average Bonchev–Trinajstić information content (AvgIpc) is 2.79. The molecule has 0 aliphatic rings. The number of amides is 1. The lowest BCUT2D eigenvalue weighted by Crippen LogP contribution is -2.26. The molecule has 1 atom stereocenters. The van der Waals surface area contributed by atoms with Gasteiger partial charge < -0.3 is 14.8 Å². The fraction of sp³-hybridized carbons (Fsp3) is 0.200. The number of hydrogen-bond acceptors (Lipinski definition) is 4. The maximum Gasteiger partial charge on any atom is 0.347 e. The van der Waals surface area contributed by atoms with Gasteiger partial charge in [-0.1, -0.05) is 55.5 Å². The molecule has 3 aromatic rings. The fourth-order valence-electron chi connectivity index (χ4n) is 2.93. The highest BCUT2D eigenvalue weighted by molar-refractivity contribution is 6.04. The lowest BCUT2D eigenvalue weighted by molar-refractivity contribution is -0.152. The molecule has 0 aliphatic carbocycles. The van der Waals surface area contributed by atoms with E-state index in [9.17, 15) is 9.59 Å². The molecule has 5 nitrogen and oxygen atoms in total. The summed E-state index contributed by atoms with van der Waals surface area (Å²) in [6.07, 6.45) is 0.0754. The maximum atomic E-state index is 12.5. The van der Waals surface area contributed by atoms with Gasteiger partial charge in [0.15, 0.2) is 6.10 Å². The molecule has 0 spiro atoms. The van der Waals surface area contributed by atoms with Crippen molar-refractivity contribution in [2.75, 3.05) is 5.32 Å². The average molecular weight is 403 g/mol. The number of nitrogens with one attached hydrogen (secondary N) is 1. The number of carbonyl (C=O) groups is 2. The van der Waals surface area contributed by atoms with E-state index in [1.54, 1.807) is 31.2 Å². The van der Waals surface area contributed by atoms with E-state index in [1.165, 1.54) is 0 Å². The van der Waals surface area contributed by atoms with Crippen LogP contribution in [0.5, 0.6) is 5.75 Å². The van der Waals surface area contributed by atoms with Crippen LogP contribution in [0.1, 0.15) is 35.3 Å². The van der Waals surface area contributed by atoms with Crippen molar-refractivity contribution in [2.45, 2.75) is 33.0 Å². The molecule has 0 unspecified atom stereocenters. The summed E-state index contributed by atoms with van der Waals surface area (Å²) in [5, 5.41) is 2.93. The van der Waals surface area contributed by atoms with E-state index in [0.717, 1.165) is 23.2 Å². The highest BCUT2D eigenvalue weighted by Crippen LogP contribution is 2.19. The third-order valence-electron chi connectivity index (χ3n) is 4.63. The van der Waals surface area contributed by atoms with E-state index in [1.807, 2.05) is 61.5 Å². The molecule has 0 radical (unpaired) electrons. The topological polar surface area (TPSA) is 64.6 Å². The first kappa shape index (κ1) is 21.1. The molecule has 0 fully saturated rings. The SMILES string of the molecule is CCc1ccccc1NC(=O)c1ccc(O[C@@H](C)C(=O)OCc2ccccc2)cc1. The molecule has 0 aliphatic heterocycles. The molecule has 0 bridgehead atoms. The molecule has 0 heterocycles. The second-order valence-corrected chi connectivity index (χ2v) is 6.84. The van der Waals surface area contributed by atoms with Crippen LogP contribution in [0, 0.1) is 0 Å².